The number of rotatable bonds is 3. The van der Waals surface area contributed by atoms with Crippen LogP contribution in [0.2, 0.25) is 0 Å². The monoisotopic (exact) mass is 282 g/mol. The summed E-state index contributed by atoms with van der Waals surface area (Å²) in [6, 6.07) is 5.15. The molecular formula is C15H23FN2S. The first-order valence-electron chi connectivity index (χ1n) is 6.82. The normalized spacial score (nSPS) is 16.7. The van der Waals surface area contributed by atoms with Gasteiger partial charge in [0.25, 0.3) is 0 Å². The molecule has 1 aliphatic rings. The van der Waals surface area contributed by atoms with Crippen molar-refractivity contribution < 1.29 is 4.39 Å². The molecule has 1 aliphatic heterocycles. The first-order chi connectivity index (χ1) is 8.96. The number of hydrogen-bond donors (Lipinski definition) is 1. The molecule has 0 unspecified atom stereocenters. The summed E-state index contributed by atoms with van der Waals surface area (Å²) in [7, 11) is 0. The average molecular weight is 282 g/mol. The van der Waals surface area contributed by atoms with Gasteiger partial charge in [0.05, 0.1) is 0 Å². The molecule has 2 nitrogen and oxygen atoms in total. The highest BCUT2D eigenvalue weighted by Gasteiger charge is 2.16. The summed E-state index contributed by atoms with van der Waals surface area (Å²) in [5.41, 5.74) is 2.28. The van der Waals surface area contributed by atoms with Gasteiger partial charge in [0.2, 0.25) is 0 Å². The van der Waals surface area contributed by atoms with E-state index in [4.69, 9.17) is 0 Å². The predicted octanol–water partition coefficient (Wildman–Crippen LogP) is 3.27. The molecule has 19 heavy (non-hydrogen) atoms. The maximum atomic E-state index is 13.5. The van der Waals surface area contributed by atoms with E-state index in [1.54, 1.807) is 12.1 Å². The van der Waals surface area contributed by atoms with Crippen LogP contribution in [0, 0.1) is 5.82 Å². The van der Waals surface area contributed by atoms with E-state index in [0.717, 1.165) is 30.2 Å². The van der Waals surface area contributed by atoms with E-state index in [9.17, 15) is 4.39 Å². The molecule has 0 amide bonds. The number of benzene rings is 1. The quantitative estimate of drug-likeness (QED) is 0.916. The van der Waals surface area contributed by atoms with Crippen LogP contribution in [0.15, 0.2) is 18.2 Å². The fourth-order valence-electron chi connectivity index (χ4n) is 2.17. The van der Waals surface area contributed by atoms with Crippen molar-refractivity contribution in [3.8, 4) is 0 Å². The van der Waals surface area contributed by atoms with Crippen LogP contribution in [0.4, 0.5) is 10.1 Å². The molecule has 1 N–H and O–H groups in total. The summed E-state index contributed by atoms with van der Waals surface area (Å²) in [5, 5.41) is 3.45. The molecule has 4 heteroatoms. The van der Waals surface area contributed by atoms with Gasteiger partial charge in [0, 0.05) is 42.4 Å². The third kappa shape index (κ3) is 4.39. The molecule has 2 rings (SSSR count). The average Bonchev–Trinajstić information content (AvgIpc) is 2.37. The fourth-order valence-corrected chi connectivity index (χ4v) is 3.07. The van der Waals surface area contributed by atoms with E-state index in [2.05, 4.69) is 31.0 Å². The third-order valence-electron chi connectivity index (χ3n) is 3.20. The third-order valence-corrected chi connectivity index (χ3v) is 4.14. The minimum atomic E-state index is -0.152. The van der Waals surface area contributed by atoms with Gasteiger partial charge in [-0.05, 0) is 44.5 Å². The number of nitrogens with one attached hydrogen (secondary N) is 1. The Morgan fingerprint density at radius 3 is 2.58 bits per heavy atom. The Bertz CT molecular complexity index is 423. The Morgan fingerprint density at radius 2 is 1.95 bits per heavy atom. The van der Waals surface area contributed by atoms with E-state index in [1.807, 2.05) is 17.8 Å². The second kappa shape index (κ2) is 6.14. The van der Waals surface area contributed by atoms with Gasteiger partial charge in [-0.2, -0.15) is 11.8 Å². The Kier molecular flexibility index (Phi) is 4.74. The first-order valence-corrected chi connectivity index (χ1v) is 7.97. The van der Waals surface area contributed by atoms with Gasteiger partial charge in [-0.25, -0.2) is 4.39 Å². The maximum absolute atomic E-state index is 13.5. The topological polar surface area (TPSA) is 15.3 Å². The van der Waals surface area contributed by atoms with Crippen molar-refractivity contribution in [2.75, 3.05) is 29.5 Å². The Balaban J connectivity index is 2.17. The molecule has 0 spiro atoms. The van der Waals surface area contributed by atoms with Crippen LogP contribution in [-0.2, 0) is 6.54 Å². The van der Waals surface area contributed by atoms with Crippen LogP contribution < -0.4 is 10.2 Å². The Hall–Kier alpha value is -0.740. The number of thioether (sulfide) groups is 1. The van der Waals surface area contributed by atoms with Crippen molar-refractivity contribution in [3.05, 3.63) is 29.6 Å². The number of halogens is 1. The fraction of sp³-hybridized carbons (Fsp3) is 0.600. The molecule has 1 saturated heterocycles. The van der Waals surface area contributed by atoms with Gasteiger partial charge in [0.1, 0.15) is 5.82 Å². The highest BCUT2D eigenvalue weighted by molar-refractivity contribution is 7.99. The van der Waals surface area contributed by atoms with Crippen LogP contribution in [0.3, 0.4) is 0 Å². The van der Waals surface area contributed by atoms with Crippen LogP contribution in [0.1, 0.15) is 26.3 Å². The number of nitrogens with zero attached hydrogens (tertiary/aromatic N) is 1. The number of hydrogen-bond acceptors (Lipinski definition) is 3. The molecule has 0 aliphatic carbocycles. The second-order valence-electron chi connectivity index (χ2n) is 5.98. The zero-order valence-electron chi connectivity index (χ0n) is 12.0. The van der Waals surface area contributed by atoms with Gasteiger partial charge in [-0.1, -0.05) is 0 Å². The van der Waals surface area contributed by atoms with E-state index < -0.39 is 0 Å². The highest BCUT2D eigenvalue weighted by atomic mass is 32.2. The molecule has 0 aromatic heterocycles. The van der Waals surface area contributed by atoms with Gasteiger partial charge >= 0.3 is 0 Å². The summed E-state index contributed by atoms with van der Waals surface area (Å²) in [6.07, 6.45) is 0. The van der Waals surface area contributed by atoms with Gasteiger partial charge < -0.3 is 10.2 Å². The lowest BCUT2D eigenvalue weighted by molar-refractivity contribution is 0.423. The summed E-state index contributed by atoms with van der Waals surface area (Å²) >= 11 is 1.99. The van der Waals surface area contributed by atoms with E-state index in [-0.39, 0.29) is 11.4 Å². The molecule has 1 fully saturated rings. The minimum Gasteiger partial charge on any atom is -0.370 e. The molecule has 106 valence electrons. The SMILES string of the molecule is CC(C)(C)NCc1cc(F)ccc1N1CCSCC1. The molecule has 0 atom stereocenters. The van der Waals surface area contributed by atoms with Gasteiger partial charge in [0.15, 0.2) is 0 Å². The summed E-state index contributed by atoms with van der Waals surface area (Å²) in [4.78, 5) is 2.37. The highest BCUT2D eigenvalue weighted by Crippen LogP contribution is 2.25. The minimum absolute atomic E-state index is 0.0430. The van der Waals surface area contributed by atoms with Crippen molar-refractivity contribution in [1.29, 1.82) is 0 Å². The van der Waals surface area contributed by atoms with Crippen molar-refractivity contribution in [2.24, 2.45) is 0 Å². The van der Waals surface area contributed by atoms with Crippen molar-refractivity contribution in [3.63, 3.8) is 0 Å². The lowest BCUT2D eigenvalue weighted by Gasteiger charge is -2.31. The molecule has 0 radical (unpaired) electrons. The Morgan fingerprint density at radius 1 is 1.26 bits per heavy atom. The molecule has 0 saturated carbocycles. The van der Waals surface area contributed by atoms with Gasteiger partial charge in [-0.3, -0.25) is 0 Å². The van der Waals surface area contributed by atoms with Crippen molar-refractivity contribution >= 4 is 17.4 Å². The molecular weight excluding hydrogens is 259 g/mol. The van der Waals surface area contributed by atoms with Crippen molar-refractivity contribution in [1.82, 2.24) is 5.32 Å². The summed E-state index contributed by atoms with van der Waals surface area (Å²) in [6.45, 7) is 9.20. The summed E-state index contributed by atoms with van der Waals surface area (Å²) < 4.78 is 13.5. The Labute approximate surface area is 119 Å². The van der Waals surface area contributed by atoms with E-state index in [0.29, 0.717) is 6.54 Å². The van der Waals surface area contributed by atoms with Crippen LogP contribution >= 0.6 is 11.8 Å². The smallest absolute Gasteiger partial charge is 0.123 e. The zero-order chi connectivity index (χ0) is 13.9. The lowest BCUT2D eigenvalue weighted by Crippen LogP contribution is -2.37. The second-order valence-corrected chi connectivity index (χ2v) is 7.20. The summed E-state index contributed by atoms with van der Waals surface area (Å²) in [5.74, 6) is 2.16. The van der Waals surface area contributed by atoms with Crippen LogP contribution in [0.25, 0.3) is 0 Å². The standard InChI is InChI=1S/C15H23FN2S/c1-15(2,3)17-11-12-10-13(16)4-5-14(12)18-6-8-19-9-7-18/h4-5,10,17H,6-9,11H2,1-3H3. The first kappa shape index (κ1) is 14.7. The van der Waals surface area contributed by atoms with Crippen LogP contribution in [-0.4, -0.2) is 30.1 Å². The largest absolute Gasteiger partial charge is 0.370 e. The molecule has 0 bridgehead atoms. The zero-order valence-corrected chi connectivity index (χ0v) is 12.8. The van der Waals surface area contributed by atoms with E-state index >= 15 is 0 Å². The number of anilines is 1. The molecule has 1 aromatic rings. The lowest BCUT2D eigenvalue weighted by atomic mass is 10.1. The van der Waals surface area contributed by atoms with E-state index in [1.165, 1.54) is 5.69 Å². The van der Waals surface area contributed by atoms with Crippen molar-refractivity contribution in [2.45, 2.75) is 32.9 Å². The molecule has 1 heterocycles. The maximum Gasteiger partial charge on any atom is 0.123 e. The predicted molar refractivity (Wildman–Crippen MR) is 82.5 cm³/mol. The van der Waals surface area contributed by atoms with Gasteiger partial charge in [-0.15, -0.1) is 0 Å². The molecule has 1 aromatic carbocycles. The van der Waals surface area contributed by atoms with Crippen LogP contribution in [0.5, 0.6) is 0 Å².